The zero-order chi connectivity index (χ0) is 16.8. The second-order valence-electron chi connectivity index (χ2n) is 7.37. The number of aryl methyl sites for hydroxylation is 2. The van der Waals surface area contributed by atoms with Crippen molar-refractivity contribution < 1.29 is 9.30 Å². The quantitative estimate of drug-likeness (QED) is 0.655. The second-order valence-corrected chi connectivity index (χ2v) is 7.37. The molecule has 2 aromatic carbocycles. The molecule has 3 heteroatoms. The number of hydrogen-bond acceptors (Lipinski definition) is 1. The van der Waals surface area contributed by atoms with Gasteiger partial charge in [-0.15, -0.1) is 0 Å². The normalized spacial score (nSPS) is 18.4. The van der Waals surface area contributed by atoms with Crippen molar-refractivity contribution in [2.75, 3.05) is 6.61 Å². The average Bonchev–Trinajstić information content (AvgIpc) is 3.34. The molecule has 1 aliphatic heterocycles. The van der Waals surface area contributed by atoms with E-state index in [0.29, 0.717) is 6.04 Å². The van der Waals surface area contributed by atoms with Crippen LogP contribution in [0.2, 0.25) is 0 Å². The lowest BCUT2D eigenvalue weighted by Gasteiger charge is -2.10. The third kappa shape index (κ3) is 2.37. The van der Waals surface area contributed by atoms with Crippen molar-refractivity contribution in [3.63, 3.8) is 0 Å². The van der Waals surface area contributed by atoms with Gasteiger partial charge in [0.1, 0.15) is 11.8 Å². The summed E-state index contributed by atoms with van der Waals surface area (Å²) in [5.74, 6) is 1.11. The summed E-state index contributed by atoms with van der Waals surface area (Å²) in [6, 6.07) is 14.0. The molecule has 25 heavy (non-hydrogen) atoms. The molecule has 0 amide bonds. The first kappa shape index (κ1) is 15.0. The van der Waals surface area contributed by atoms with Crippen LogP contribution in [-0.4, -0.2) is 11.2 Å². The Morgan fingerprint density at radius 3 is 3.00 bits per heavy atom. The van der Waals surface area contributed by atoms with Gasteiger partial charge in [-0.25, -0.2) is 9.13 Å². The Labute approximate surface area is 148 Å². The summed E-state index contributed by atoms with van der Waals surface area (Å²) in [7, 11) is 0. The van der Waals surface area contributed by atoms with E-state index in [9.17, 15) is 0 Å². The Kier molecular flexibility index (Phi) is 3.54. The van der Waals surface area contributed by atoms with Crippen LogP contribution in [-0.2, 0) is 19.4 Å². The van der Waals surface area contributed by atoms with Crippen molar-refractivity contribution >= 4 is 11.0 Å². The topological polar surface area (TPSA) is 18.0 Å². The first-order valence-corrected chi connectivity index (χ1v) is 9.62. The molecule has 5 rings (SSSR count). The smallest absolute Gasteiger partial charge is 0.245 e. The zero-order valence-electron chi connectivity index (χ0n) is 14.9. The summed E-state index contributed by atoms with van der Waals surface area (Å²) in [5.41, 5.74) is 7.07. The van der Waals surface area contributed by atoms with E-state index in [4.69, 9.17) is 4.74 Å². The Morgan fingerprint density at radius 2 is 2.08 bits per heavy atom. The number of aromatic nitrogens is 2. The molecular formula is C22H25N2O+. The van der Waals surface area contributed by atoms with Gasteiger partial charge in [0.2, 0.25) is 6.33 Å². The molecule has 2 aliphatic rings. The van der Waals surface area contributed by atoms with Gasteiger partial charge in [0.25, 0.3) is 0 Å². The lowest BCUT2D eigenvalue weighted by Crippen LogP contribution is -2.32. The third-order valence-corrected chi connectivity index (χ3v) is 5.82. The fourth-order valence-electron chi connectivity index (χ4n) is 4.51. The molecule has 0 saturated heterocycles. The minimum absolute atomic E-state index is 0.428. The molecule has 1 aromatic heterocycles. The van der Waals surface area contributed by atoms with Crippen LogP contribution in [0.15, 0.2) is 42.7 Å². The highest BCUT2D eigenvalue weighted by Gasteiger charge is 2.32. The molecule has 3 nitrogen and oxygen atoms in total. The van der Waals surface area contributed by atoms with E-state index in [1.807, 2.05) is 0 Å². The molecule has 1 atom stereocenters. The molecular weight excluding hydrogens is 308 g/mol. The lowest BCUT2D eigenvalue weighted by atomic mass is 10.0. The number of para-hydroxylation sites is 2. The van der Waals surface area contributed by atoms with Crippen molar-refractivity contribution in [3.8, 4) is 5.75 Å². The van der Waals surface area contributed by atoms with Gasteiger partial charge < -0.3 is 4.74 Å². The molecule has 0 bridgehead atoms. The number of fused-ring (bicyclic) bond motifs is 3. The third-order valence-electron chi connectivity index (χ3n) is 5.82. The maximum Gasteiger partial charge on any atom is 0.245 e. The van der Waals surface area contributed by atoms with Crippen LogP contribution >= 0.6 is 0 Å². The molecule has 1 aliphatic carbocycles. The highest BCUT2D eigenvalue weighted by Crippen LogP contribution is 2.40. The van der Waals surface area contributed by atoms with E-state index in [0.717, 1.165) is 25.3 Å². The fraction of sp³-hybridized carbons (Fsp3) is 0.409. The summed E-state index contributed by atoms with van der Waals surface area (Å²) >= 11 is 0. The molecule has 2 heterocycles. The Bertz CT molecular complexity index is 941. The Hall–Kier alpha value is -2.29. The van der Waals surface area contributed by atoms with Crippen molar-refractivity contribution in [1.29, 1.82) is 0 Å². The number of hydrogen-bond donors (Lipinski definition) is 0. The maximum absolute atomic E-state index is 5.84. The van der Waals surface area contributed by atoms with E-state index >= 15 is 0 Å². The van der Waals surface area contributed by atoms with Crippen LogP contribution in [0.5, 0.6) is 5.75 Å². The van der Waals surface area contributed by atoms with Gasteiger partial charge in [-0.3, -0.25) is 0 Å². The molecule has 128 valence electrons. The molecule has 3 aromatic rings. The summed E-state index contributed by atoms with van der Waals surface area (Å²) in [5, 5.41) is 0. The molecule has 0 fully saturated rings. The van der Waals surface area contributed by atoms with Crippen LogP contribution < -0.4 is 9.30 Å². The van der Waals surface area contributed by atoms with Crippen molar-refractivity contribution in [2.24, 2.45) is 0 Å². The molecule has 0 radical (unpaired) electrons. The zero-order valence-corrected chi connectivity index (χ0v) is 14.9. The number of rotatable bonds is 4. The first-order chi connectivity index (χ1) is 12.3. The van der Waals surface area contributed by atoms with E-state index in [-0.39, 0.29) is 0 Å². The van der Waals surface area contributed by atoms with Gasteiger partial charge in [-0.05, 0) is 48.6 Å². The largest absolute Gasteiger partial charge is 0.493 e. The van der Waals surface area contributed by atoms with Crippen LogP contribution in [0.4, 0.5) is 0 Å². The van der Waals surface area contributed by atoms with Crippen molar-refractivity contribution in [2.45, 2.75) is 51.6 Å². The van der Waals surface area contributed by atoms with E-state index < -0.39 is 0 Å². The number of nitrogens with zero attached hydrogens (tertiary/aromatic N) is 2. The monoisotopic (exact) mass is 333 g/mol. The van der Waals surface area contributed by atoms with Crippen LogP contribution in [0.25, 0.3) is 11.0 Å². The summed E-state index contributed by atoms with van der Waals surface area (Å²) < 4.78 is 10.8. The SMILES string of the molecule is CCCC[n+]1cn(C2CCc3cc4c(cc32)OCC4)c2ccccc21. The van der Waals surface area contributed by atoms with E-state index in [1.54, 1.807) is 0 Å². The standard InChI is InChI=1S/C22H25N2O/c1-2-3-11-23-15-24(21-7-5-4-6-20(21)23)19-9-8-16-13-17-10-12-25-22(17)14-18(16)19/h4-7,13-15,19H,2-3,8-12H2,1H3/q+1. The van der Waals surface area contributed by atoms with Gasteiger partial charge in [0.15, 0.2) is 11.0 Å². The Balaban J connectivity index is 1.61. The van der Waals surface area contributed by atoms with Gasteiger partial charge in [0, 0.05) is 12.0 Å². The number of imidazole rings is 1. The maximum atomic E-state index is 5.84. The average molecular weight is 333 g/mol. The van der Waals surface area contributed by atoms with Gasteiger partial charge in [-0.1, -0.05) is 31.5 Å². The first-order valence-electron chi connectivity index (χ1n) is 9.62. The van der Waals surface area contributed by atoms with Crippen LogP contribution in [0.1, 0.15) is 48.9 Å². The van der Waals surface area contributed by atoms with Crippen LogP contribution in [0.3, 0.4) is 0 Å². The lowest BCUT2D eigenvalue weighted by molar-refractivity contribution is -0.672. The van der Waals surface area contributed by atoms with Gasteiger partial charge in [-0.2, -0.15) is 0 Å². The molecule has 0 saturated carbocycles. The highest BCUT2D eigenvalue weighted by atomic mass is 16.5. The summed E-state index contributed by atoms with van der Waals surface area (Å²) in [4.78, 5) is 0. The minimum atomic E-state index is 0.428. The van der Waals surface area contributed by atoms with Crippen molar-refractivity contribution in [1.82, 2.24) is 4.57 Å². The van der Waals surface area contributed by atoms with Gasteiger partial charge >= 0.3 is 0 Å². The molecule has 0 spiro atoms. The van der Waals surface area contributed by atoms with Gasteiger partial charge in [0.05, 0.1) is 13.2 Å². The summed E-state index contributed by atoms with van der Waals surface area (Å²) in [6.45, 7) is 4.19. The predicted molar refractivity (Wildman–Crippen MR) is 99.1 cm³/mol. The van der Waals surface area contributed by atoms with Crippen LogP contribution in [0, 0.1) is 0 Å². The summed E-state index contributed by atoms with van der Waals surface area (Å²) in [6.07, 6.45) is 8.22. The van der Waals surface area contributed by atoms with Crippen molar-refractivity contribution in [3.05, 3.63) is 59.4 Å². The van der Waals surface area contributed by atoms with E-state index in [2.05, 4.69) is 58.8 Å². The number of ether oxygens (including phenoxy) is 1. The number of benzene rings is 2. The Morgan fingerprint density at radius 1 is 1.16 bits per heavy atom. The van der Waals surface area contributed by atoms with E-state index in [1.165, 1.54) is 53.4 Å². The second kappa shape index (κ2) is 5.91. The predicted octanol–water partition coefficient (Wildman–Crippen LogP) is 4.20. The number of unbranched alkanes of at least 4 members (excludes halogenated alkanes) is 1. The fourth-order valence-corrected chi connectivity index (χ4v) is 4.51. The highest BCUT2D eigenvalue weighted by molar-refractivity contribution is 5.72. The molecule has 0 N–H and O–H groups in total. The molecule has 1 unspecified atom stereocenters. The minimum Gasteiger partial charge on any atom is -0.493 e.